The SMILES string of the molecule is O=[N+]([O-])c1ccc(F)c(NC2CCOCC2)c1. The number of halogens is 1. The minimum absolute atomic E-state index is 0.110. The van der Waals surface area contributed by atoms with Crippen LogP contribution < -0.4 is 5.32 Å². The molecule has 17 heavy (non-hydrogen) atoms. The van der Waals surface area contributed by atoms with Gasteiger partial charge in [0.2, 0.25) is 0 Å². The molecule has 1 saturated heterocycles. The lowest BCUT2D eigenvalue weighted by atomic mass is 10.1. The molecule has 0 radical (unpaired) electrons. The fourth-order valence-electron chi connectivity index (χ4n) is 1.80. The van der Waals surface area contributed by atoms with Crippen molar-refractivity contribution in [3.05, 3.63) is 34.1 Å². The number of benzene rings is 1. The molecule has 1 aliphatic heterocycles. The molecule has 1 aliphatic rings. The Balaban J connectivity index is 2.13. The maximum absolute atomic E-state index is 13.5. The molecule has 0 spiro atoms. The molecule has 0 aliphatic carbocycles. The van der Waals surface area contributed by atoms with Crippen molar-refractivity contribution >= 4 is 11.4 Å². The maximum atomic E-state index is 13.5. The van der Waals surface area contributed by atoms with Crippen molar-refractivity contribution in [3.63, 3.8) is 0 Å². The van der Waals surface area contributed by atoms with Crippen LogP contribution in [0.3, 0.4) is 0 Å². The minimum atomic E-state index is -0.533. The Hall–Kier alpha value is -1.69. The Morgan fingerprint density at radius 2 is 2.12 bits per heavy atom. The molecule has 1 N–H and O–H groups in total. The lowest BCUT2D eigenvalue weighted by molar-refractivity contribution is -0.384. The summed E-state index contributed by atoms with van der Waals surface area (Å²) in [6, 6.07) is 3.61. The van der Waals surface area contributed by atoms with Gasteiger partial charge in [-0.15, -0.1) is 0 Å². The molecule has 92 valence electrons. The molecule has 1 fully saturated rings. The van der Waals surface area contributed by atoms with Crippen molar-refractivity contribution in [2.45, 2.75) is 18.9 Å². The van der Waals surface area contributed by atoms with E-state index in [-0.39, 0.29) is 17.4 Å². The van der Waals surface area contributed by atoms with Crippen molar-refractivity contribution in [1.29, 1.82) is 0 Å². The highest BCUT2D eigenvalue weighted by atomic mass is 19.1. The summed E-state index contributed by atoms with van der Waals surface area (Å²) in [4.78, 5) is 10.1. The number of nitro groups is 1. The molecule has 0 unspecified atom stereocenters. The quantitative estimate of drug-likeness (QED) is 0.650. The Morgan fingerprint density at radius 3 is 2.76 bits per heavy atom. The highest BCUT2D eigenvalue weighted by Crippen LogP contribution is 2.23. The Bertz CT molecular complexity index is 419. The summed E-state index contributed by atoms with van der Waals surface area (Å²) in [7, 11) is 0. The van der Waals surface area contributed by atoms with Crippen molar-refractivity contribution in [3.8, 4) is 0 Å². The normalized spacial score (nSPS) is 16.8. The van der Waals surface area contributed by atoms with E-state index in [1.54, 1.807) is 0 Å². The number of nitrogens with zero attached hydrogens (tertiary/aromatic N) is 1. The summed E-state index contributed by atoms with van der Waals surface area (Å²) in [6.45, 7) is 1.27. The fraction of sp³-hybridized carbons (Fsp3) is 0.455. The molecule has 5 nitrogen and oxygen atoms in total. The van der Waals surface area contributed by atoms with E-state index >= 15 is 0 Å². The topological polar surface area (TPSA) is 64.4 Å². The molecule has 0 atom stereocenters. The molecule has 6 heteroatoms. The second kappa shape index (κ2) is 5.09. The fourth-order valence-corrected chi connectivity index (χ4v) is 1.80. The van der Waals surface area contributed by atoms with Gasteiger partial charge in [-0.3, -0.25) is 10.1 Å². The van der Waals surface area contributed by atoms with Gasteiger partial charge >= 0.3 is 0 Å². The number of rotatable bonds is 3. The second-order valence-electron chi connectivity index (χ2n) is 3.95. The summed E-state index contributed by atoms with van der Waals surface area (Å²) in [5.74, 6) is -0.470. The lowest BCUT2D eigenvalue weighted by Gasteiger charge is -2.24. The minimum Gasteiger partial charge on any atom is -0.381 e. The third-order valence-corrected chi connectivity index (χ3v) is 2.74. The van der Waals surface area contributed by atoms with Crippen LogP contribution >= 0.6 is 0 Å². The molecule has 1 aromatic carbocycles. The molecule has 1 aromatic rings. The number of non-ortho nitro benzene ring substituents is 1. The second-order valence-corrected chi connectivity index (χ2v) is 3.95. The zero-order valence-corrected chi connectivity index (χ0v) is 9.19. The highest BCUT2D eigenvalue weighted by Gasteiger charge is 2.17. The average Bonchev–Trinajstić information content (AvgIpc) is 2.33. The molecule has 0 saturated carbocycles. The van der Waals surface area contributed by atoms with Crippen LogP contribution in [0.2, 0.25) is 0 Å². The van der Waals surface area contributed by atoms with Crippen LogP contribution in [-0.4, -0.2) is 24.2 Å². The number of ether oxygens (including phenoxy) is 1. The zero-order valence-electron chi connectivity index (χ0n) is 9.19. The average molecular weight is 240 g/mol. The van der Waals surface area contributed by atoms with Crippen LogP contribution in [0.5, 0.6) is 0 Å². The first-order chi connectivity index (χ1) is 8.16. The van der Waals surface area contributed by atoms with E-state index in [0.29, 0.717) is 13.2 Å². The smallest absolute Gasteiger partial charge is 0.271 e. The first-order valence-electron chi connectivity index (χ1n) is 5.45. The third kappa shape index (κ3) is 2.91. The van der Waals surface area contributed by atoms with E-state index in [2.05, 4.69) is 5.32 Å². The summed E-state index contributed by atoms with van der Waals surface area (Å²) in [5, 5.41) is 13.6. The summed E-state index contributed by atoms with van der Waals surface area (Å²) < 4.78 is 18.7. The zero-order chi connectivity index (χ0) is 12.3. The van der Waals surface area contributed by atoms with Gasteiger partial charge in [0.05, 0.1) is 10.6 Å². The van der Waals surface area contributed by atoms with Gasteiger partial charge in [-0.25, -0.2) is 4.39 Å². The first kappa shape index (κ1) is 11.8. The standard InChI is InChI=1S/C11H13FN2O3/c12-10-2-1-9(14(15)16)7-11(10)13-8-3-5-17-6-4-8/h1-2,7-8,13H,3-6H2. The van der Waals surface area contributed by atoms with Gasteiger partial charge in [0, 0.05) is 31.4 Å². The van der Waals surface area contributed by atoms with E-state index in [1.807, 2.05) is 0 Å². The van der Waals surface area contributed by atoms with Crippen molar-refractivity contribution in [1.82, 2.24) is 0 Å². The molecule has 1 heterocycles. The van der Waals surface area contributed by atoms with E-state index in [1.165, 1.54) is 6.07 Å². The van der Waals surface area contributed by atoms with Crippen molar-refractivity contribution in [2.24, 2.45) is 0 Å². The molecule has 2 rings (SSSR count). The van der Waals surface area contributed by atoms with Crippen LogP contribution in [0.25, 0.3) is 0 Å². The lowest BCUT2D eigenvalue weighted by Crippen LogP contribution is -2.28. The Kier molecular flexibility index (Phi) is 3.53. The number of hydrogen-bond donors (Lipinski definition) is 1. The molecule has 0 bridgehead atoms. The predicted octanol–water partition coefficient (Wildman–Crippen LogP) is 2.32. The van der Waals surface area contributed by atoms with Crippen molar-refractivity contribution < 1.29 is 14.1 Å². The van der Waals surface area contributed by atoms with Crippen LogP contribution in [0.1, 0.15) is 12.8 Å². The summed E-state index contributed by atoms with van der Waals surface area (Å²) in [5.41, 5.74) is 0.0760. The largest absolute Gasteiger partial charge is 0.381 e. The van der Waals surface area contributed by atoms with Gasteiger partial charge in [-0.05, 0) is 18.9 Å². The van der Waals surface area contributed by atoms with Crippen LogP contribution in [0.4, 0.5) is 15.8 Å². The predicted molar refractivity (Wildman–Crippen MR) is 60.5 cm³/mol. The molecular weight excluding hydrogens is 227 g/mol. The van der Waals surface area contributed by atoms with Gasteiger partial charge < -0.3 is 10.1 Å². The number of nitro benzene ring substituents is 1. The first-order valence-corrected chi connectivity index (χ1v) is 5.45. The molecule has 0 amide bonds. The number of hydrogen-bond acceptors (Lipinski definition) is 4. The Labute approximate surface area is 97.7 Å². The number of nitrogens with one attached hydrogen (secondary N) is 1. The maximum Gasteiger partial charge on any atom is 0.271 e. The molecular formula is C11H13FN2O3. The monoisotopic (exact) mass is 240 g/mol. The van der Waals surface area contributed by atoms with Gasteiger partial charge in [-0.1, -0.05) is 0 Å². The van der Waals surface area contributed by atoms with Crippen LogP contribution in [0, 0.1) is 15.9 Å². The van der Waals surface area contributed by atoms with Gasteiger partial charge in [0.15, 0.2) is 0 Å². The van der Waals surface area contributed by atoms with E-state index < -0.39 is 10.7 Å². The van der Waals surface area contributed by atoms with E-state index in [0.717, 1.165) is 25.0 Å². The molecule has 0 aromatic heterocycles. The summed E-state index contributed by atoms with van der Waals surface area (Å²) >= 11 is 0. The highest BCUT2D eigenvalue weighted by molar-refractivity contribution is 5.52. The van der Waals surface area contributed by atoms with E-state index in [4.69, 9.17) is 4.74 Å². The van der Waals surface area contributed by atoms with Gasteiger partial charge in [-0.2, -0.15) is 0 Å². The van der Waals surface area contributed by atoms with Crippen LogP contribution in [0.15, 0.2) is 18.2 Å². The Morgan fingerprint density at radius 1 is 1.41 bits per heavy atom. The van der Waals surface area contributed by atoms with Crippen molar-refractivity contribution in [2.75, 3.05) is 18.5 Å². The van der Waals surface area contributed by atoms with Crippen LogP contribution in [-0.2, 0) is 4.74 Å². The van der Waals surface area contributed by atoms with E-state index in [9.17, 15) is 14.5 Å². The summed E-state index contributed by atoms with van der Waals surface area (Å²) in [6.07, 6.45) is 1.56. The van der Waals surface area contributed by atoms with Gasteiger partial charge in [0.25, 0.3) is 5.69 Å². The number of anilines is 1. The third-order valence-electron chi connectivity index (χ3n) is 2.74. The van der Waals surface area contributed by atoms with Gasteiger partial charge in [0.1, 0.15) is 5.82 Å².